The molecule has 1 rings (SSSR count). The van der Waals surface area contributed by atoms with Crippen molar-refractivity contribution in [3.05, 3.63) is 28.8 Å². The van der Waals surface area contributed by atoms with Crippen molar-refractivity contribution in [1.82, 2.24) is 0 Å². The summed E-state index contributed by atoms with van der Waals surface area (Å²) >= 11 is 5.89. The van der Waals surface area contributed by atoms with Gasteiger partial charge < -0.3 is 5.73 Å². The standard InChI is InChI=1S/C10H15ClN2O2S/c1-7-3-4-9(11)10(5-7)13-16(14,15)8(2)6-12/h3-5,8,13H,6,12H2,1-2H3. The van der Waals surface area contributed by atoms with Crippen molar-refractivity contribution in [3.63, 3.8) is 0 Å². The lowest BCUT2D eigenvalue weighted by molar-refractivity contribution is 0.589. The predicted octanol–water partition coefficient (Wildman–Crippen LogP) is 1.74. The first kappa shape index (κ1) is 13.3. The van der Waals surface area contributed by atoms with E-state index in [2.05, 4.69) is 4.72 Å². The summed E-state index contributed by atoms with van der Waals surface area (Å²) in [6, 6.07) is 5.15. The zero-order chi connectivity index (χ0) is 12.3. The van der Waals surface area contributed by atoms with Crippen LogP contribution in [0, 0.1) is 6.92 Å². The minimum atomic E-state index is -3.46. The van der Waals surface area contributed by atoms with Crippen LogP contribution in [0.4, 0.5) is 5.69 Å². The highest BCUT2D eigenvalue weighted by molar-refractivity contribution is 7.93. The van der Waals surface area contributed by atoms with Gasteiger partial charge in [-0.25, -0.2) is 8.42 Å². The number of rotatable bonds is 4. The van der Waals surface area contributed by atoms with Crippen molar-refractivity contribution in [3.8, 4) is 0 Å². The van der Waals surface area contributed by atoms with Crippen LogP contribution < -0.4 is 10.5 Å². The van der Waals surface area contributed by atoms with Crippen molar-refractivity contribution in [2.45, 2.75) is 19.1 Å². The molecule has 0 bridgehead atoms. The molecule has 1 aromatic carbocycles. The van der Waals surface area contributed by atoms with Crippen LogP contribution in [-0.2, 0) is 10.0 Å². The SMILES string of the molecule is Cc1ccc(Cl)c(NS(=O)(=O)C(C)CN)c1. The van der Waals surface area contributed by atoms with Gasteiger partial charge in [0, 0.05) is 6.54 Å². The lowest BCUT2D eigenvalue weighted by Crippen LogP contribution is -2.31. The van der Waals surface area contributed by atoms with Crippen LogP contribution in [0.15, 0.2) is 18.2 Å². The average molecular weight is 263 g/mol. The highest BCUT2D eigenvalue weighted by Gasteiger charge is 2.19. The first-order valence-corrected chi connectivity index (χ1v) is 6.77. The van der Waals surface area contributed by atoms with Crippen LogP contribution >= 0.6 is 11.6 Å². The van der Waals surface area contributed by atoms with Gasteiger partial charge in [0.05, 0.1) is 16.0 Å². The number of sulfonamides is 1. The molecule has 0 heterocycles. The number of anilines is 1. The fraction of sp³-hybridized carbons (Fsp3) is 0.400. The largest absolute Gasteiger partial charge is 0.329 e. The maximum Gasteiger partial charge on any atom is 0.236 e. The summed E-state index contributed by atoms with van der Waals surface area (Å²) in [5.74, 6) is 0. The Kier molecular flexibility index (Phi) is 4.18. The van der Waals surface area contributed by atoms with Crippen molar-refractivity contribution in [2.75, 3.05) is 11.3 Å². The molecule has 0 spiro atoms. The third kappa shape index (κ3) is 3.10. The predicted molar refractivity (Wildman–Crippen MR) is 67.2 cm³/mol. The van der Waals surface area contributed by atoms with Gasteiger partial charge in [0.15, 0.2) is 0 Å². The summed E-state index contributed by atoms with van der Waals surface area (Å²) in [5, 5.41) is -0.275. The zero-order valence-electron chi connectivity index (χ0n) is 9.20. The van der Waals surface area contributed by atoms with Crippen molar-refractivity contribution < 1.29 is 8.42 Å². The normalized spacial score (nSPS) is 13.5. The number of benzene rings is 1. The summed E-state index contributed by atoms with van der Waals surface area (Å²) in [5.41, 5.74) is 6.65. The Morgan fingerprint density at radius 2 is 2.12 bits per heavy atom. The van der Waals surface area contributed by atoms with Crippen molar-refractivity contribution in [2.24, 2.45) is 5.73 Å². The van der Waals surface area contributed by atoms with Crippen LogP contribution in [0.25, 0.3) is 0 Å². The van der Waals surface area contributed by atoms with Crippen LogP contribution in [0.1, 0.15) is 12.5 Å². The van der Waals surface area contributed by atoms with E-state index < -0.39 is 15.3 Å². The highest BCUT2D eigenvalue weighted by atomic mass is 35.5. The fourth-order valence-electron chi connectivity index (χ4n) is 1.10. The summed E-state index contributed by atoms with van der Waals surface area (Å²) in [4.78, 5) is 0. The van der Waals surface area contributed by atoms with Gasteiger partial charge in [-0.05, 0) is 31.5 Å². The second-order valence-electron chi connectivity index (χ2n) is 3.68. The number of hydrogen-bond donors (Lipinski definition) is 2. The first-order chi connectivity index (χ1) is 7.36. The molecule has 0 fully saturated rings. The van der Waals surface area contributed by atoms with E-state index in [0.717, 1.165) is 5.56 Å². The summed E-state index contributed by atoms with van der Waals surface area (Å²) in [6.07, 6.45) is 0. The van der Waals surface area contributed by atoms with Gasteiger partial charge in [0.2, 0.25) is 10.0 Å². The van der Waals surface area contributed by atoms with E-state index in [9.17, 15) is 8.42 Å². The van der Waals surface area contributed by atoms with Gasteiger partial charge in [-0.1, -0.05) is 17.7 Å². The lowest BCUT2D eigenvalue weighted by atomic mass is 10.2. The maximum absolute atomic E-state index is 11.7. The lowest BCUT2D eigenvalue weighted by Gasteiger charge is -2.14. The molecule has 1 atom stereocenters. The Hall–Kier alpha value is -0.780. The number of aryl methyl sites for hydroxylation is 1. The van der Waals surface area contributed by atoms with Gasteiger partial charge in [-0.15, -0.1) is 0 Å². The molecule has 0 radical (unpaired) electrons. The quantitative estimate of drug-likeness (QED) is 0.868. The number of hydrogen-bond acceptors (Lipinski definition) is 3. The third-order valence-corrected chi connectivity index (χ3v) is 4.32. The Morgan fingerprint density at radius 1 is 1.50 bits per heavy atom. The Balaban J connectivity index is 3.01. The Morgan fingerprint density at radius 3 is 2.69 bits per heavy atom. The molecular weight excluding hydrogens is 248 g/mol. The number of nitrogens with two attached hydrogens (primary N) is 1. The highest BCUT2D eigenvalue weighted by Crippen LogP contribution is 2.24. The average Bonchev–Trinajstić information content (AvgIpc) is 2.22. The molecule has 0 aliphatic rings. The second kappa shape index (κ2) is 5.03. The van der Waals surface area contributed by atoms with E-state index in [0.29, 0.717) is 10.7 Å². The van der Waals surface area contributed by atoms with Gasteiger partial charge in [-0.2, -0.15) is 0 Å². The molecule has 6 heteroatoms. The fourth-order valence-corrected chi connectivity index (χ4v) is 2.25. The molecule has 3 N–H and O–H groups in total. The molecule has 4 nitrogen and oxygen atoms in total. The molecular formula is C10H15ClN2O2S. The van der Waals surface area contributed by atoms with E-state index >= 15 is 0 Å². The molecule has 90 valence electrons. The molecule has 0 saturated carbocycles. The second-order valence-corrected chi connectivity index (χ2v) is 6.18. The third-order valence-electron chi connectivity index (χ3n) is 2.24. The summed E-state index contributed by atoms with van der Waals surface area (Å²) in [7, 11) is -3.46. The zero-order valence-corrected chi connectivity index (χ0v) is 10.8. The maximum atomic E-state index is 11.7. The van der Waals surface area contributed by atoms with Crippen LogP contribution in [0.5, 0.6) is 0 Å². The first-order valence-electron chi connectivity index (χ1n) is 4.84. The molecule has 0 aromatic heterocycles. The van der Waals surface area contributed by atoms with E-state index in [1.165, 1.54) is 0 Å². The van der Waals surface area contributed by atoms with Gasteiger partial charge >= 0.3 is 0 Å². The molecule has 0 aliphatic heterocycles. The Bertz CT molecular complexity index is 474. The number of nitrogens with one attached hydrogen (secondary N) is 1. The number of halogens is 1. The molecule has 1 aromatic rings. The van der Waals surface area contributed by atoms with Gasteiger partial charge in [-0.3, -0.25) is 4.72 Å². The van der Waals surface area contributed by atoms with Crippen LogP contribution in [0.2, 0.25) is 5.02 Å². The summed E-state index contributed by atoms with van der Waals surface area (Å²) in [6.45, 7) is 3.48. The van der Waals surface area contributed by atoms with Crippen LogP contribution in [0.3, 0.4) is 0 Å². The summed E-state index contributed by atoms with van der Waals surface area (Å²) < 4.78 is 25.9. The van der Waals surface area contributed by atoms with Gasteiger partial charge in [0.25, 0.3) is 0 Å². The van der Waals surface area contributed by atoms with Crippen molar-refractivity contribution >= 4 is 27.3 Å². The molecule has 1 unspecified atom stereocenters. The van der Waals surface area contributed by atoms with Crippen molar-refractivity contribution in [1.29, 1.82) is 0 Å². The minimum absolute atomic E-state index is 0.0682. The van der Waals surface area contributed by atoms with E-state index in [4.69, 9.17) is 17.3 Å². The van der Waals surface area contributed by atoms with Gasteiger partial charge in [0.1, 0.15) is 0 Å². The van der Waals surface area contributed by atoms with E-state index in [-0.39, 0.29) is 6.54 Å². The molecule has 0 amide bonds. The molecule has 0 aliphatic carbocycles. The van der Waals surface area contributed by atoms with Crippen LogP contribution in [-0.4, -0.2) is 20.2 Å². The molecule has 0 saturated heterocycles. The minimum Gasteiger partial charge on any atom is -0.329 e. The van der Waals surface area contributed by atoms with E-state index in [1.54, 1.807) is 19.1 Å². The smallest absolute Gasteiger partial charge is 0.236 e. The monoisotopic (exact) mass is 262 g/mol. The Labute approximate surface area is 101 Å². The topological polar surface area (TPSA) is 72.2 Å². The van der Waals surface area contributed by atoms with E-state index in [1.807, 2.05) is 13.0 Å². The molecule has 16 heavy (non-hydrogen) atoms.